The van der Waals surface area contributed by atoms with E-state index in [0.717, 1.165) is 25.9 Å². The monoisotopic (exact) mass is 310 g/mol. The Morgan fingerprint density at radius 2 is 2.00 bits per heavy atom. The minimum absolute atomic E-state index is 0.0745. The zero-order valence-electron chi connectivity index (χ0n) is 13.5. The third-order valence-electron chi connectivity index (χ3n) is 5.52. The number of rotatable bonds is 5. The third kappa shape index (κ3) is 4.21. The fraction of sp³-hybridized carbons (Fsp3) is 0.941. The van der Waals surface area contributed by atoms with Gasteiger partial charge in [0, 0.05) is 25.7 Å². The summed E-state index contributed by atoms with van der Waals surface area (Å²) >= 11 is 0. The van der Waals surface area contributed by atoms with Crippen molar-refractivity contribution >= 4 is 5.91 Å². The van der Waals surface area contributed by atoms with E-state index in [-0.39, 0.29) is 18.1 Å². The van der Waals surface area contributed by atoms with Crippen LogP contribution in [0.4, 0.5) is 0 Å². The van der Waals surface area contributed by atoms with Crippen LogP contribution in [-0.4, -0.2) is 60.4 Å². The lowest BCUT2D eigenvalue weighted by Gasteiger charge is -2.33. The molecule has 0 radical (unpaired) electrons. The maximum Gasteiger partial charge on any atom is 0.234 e. The zero-order valence-corrected chi connectivity index (χ0v) is 13.5. The molecule has 2 heterocycles. The molecule has 1 amide bonds. The maximum atomic E-state index is 12.2. The summed E-state index contributed by atoms with van der Waals surface area (Å²) in [5.41, 5.74) is 0. The number of β-amino-alcohol motifs (C(OH)–C–C–N with tert-alkyl or cyclic N) is 1. The largest absolute Gasteiger partial charge is 0.392 e. The van der Waals surface area contributed by atoms with Gasteiger partial charge >= 0.3 is 0 Å². The molecule has 3 fully saturated rings. The molecule has 0 unspecified atom stereocenters. The van der Waals surface area contributed by atoms with Crippen LogP contribution in [0.25, 0.3) is 0 Å². The van der Waals surface area contributed by atoms with Crippen LogP contribution in [-0.2, 0) is 9.53 Å². The fourth-order valence-electron chi connectivity index (χ4n) is 4.37. The Labute approximate surface area is 133 Å². The maximum absolute atomic E-state index is 12.2. The number of nitrogens with zero attached hydrogens (tertiary/aromatic N) is 1. The van der Waals surface area contributed by atoms with Crippen LogP contribution in [0.1, 0.15) is 51.4 Å². The summed E-state index contributed by atoms with van der Waals surface area (Å²) in [5.74, 6) is 0.738. The molecule has 2 N–H and O–H groups in total. The second-order valence-corrected chi connectivity index (χ2v) is 7.22. The summed E-state index contributed by atoms with van der Waals surface area (Å²) in [7, 11) is 0. The first-order valence-electron chi connectivity index (χ1n) is 9.03. The number of aliphatic hydroxyl groups is 1. The molecule has 126 valence electrons. The van der Waals surface area contributed by atoms with Crippen LogP contribution >= 0.6 is 0 Å². The number of carbonyl (C=O) groups excluding carboxylic acids is 1. The Kier molecular flexibility index (Phi) is 5.71. The van der Waals surface area contributed by atoms with Crippen molar-refractivity contribution in [2.45, 2.75) is 69.6 Å². The van der Waals surface area contributed by atoms with Gasteiger partial charge in [-0.2, -0.15) is 0 Å². The molecule has 3 aliphatic rings. The Morgan fingerprint density at radius 3 is 2.73 bits per heavy atom. The molecule has 0 aromatic carbocycles. The predicted molar refractivity (Wildman–Crippen MR) is 84.5 cm³/mol. The van der Waals surface area contributed by atoms with Gasteiger partial charge in [-0.15, -0.1) is 0 Å². The topological polar surface area (TPSA) is 61.8 Å². The van der Waals surface area contributed by atoms with Crippen LogP contribution in [0, 0.1) is 5.92 Å². The van der Waals surface area contributed by atoms with Gasteiger partial charge in [0.1, 0.15) is 0 Å². The molecule has 1 aliphatic carbocycles. The van der Waals surface area contributed by atoms with Crippen molar-refractivity contribution in [1.29, 1.82) is 0 Å². The van der Waals surface area contributed by atoms with E-state index in [2.05, 4.69) is 10.2 Å². The highest BCUT2D eigenvalue weighted by molar-refractivity contribution is 5.78. The number of carbonyl (C=O) groups is 1. The summed E-state index contributed by atoms with van der Waals surface area (Å²) in [6, 6.07) is 0.392. The molecule has 22 heavy (non-hydrogen) atoms. The number of hydrogen-bond donors (Lipinski definition) is 2. The van der Waals surface area contributed by atoms with E-state index in [1.165, 1.54) is 32.1 Å². The second kappa shape index (κ2) is 7.75. The number of likely N-dealkylation sites (tertiary alicyclic amines) is 1. The standard InChI is InChI=1S/C17H30N2O3/c20-14-9-16(13-5-2-1-3-6-13)19(11-14)12-17(21)18-10-15-7-4-8-22-15/h13-16,20H,1-12H2,(H,18,21)/t14-,15-,16+/m0/s1. The van der Waals surface area contributed by atoms with Gasteiger partial charge < -0.3 is 15.2 Å². The van der Waals surface area contributed by atoms with E-state index in [0.29, 0.717) is 31.6 Å². The minimum Gasteiger partial charge on any atom is -0.392 e. The van der Waals surface area contributed by atoms with E-state index in [1.54, 1.807) is 0 Å². The van der Waals surface area contributed by atoms with Crippen molar-refractivity contribution in [3.05, 3.63) is 0 Å². The van der Waals surface area contributed by atoms with Crippen molar-refractivity contribution in [3.8, 4) is 0 Å². The van der Waals surface area contributed by atoms with Crippen molar-refractivity contribution in [2.24, 2.45) is 5.92 Å². The quantitative estimate of drug-likeness (QED) is 0.803. The summed E-state index contributed by atoms with van der Waals surface area (Å²) in [6.07, 6.45) is 9.37. The first-order chi connectivity index (χ1) is 10.7. The number of aliphatic hydroxyl groups excluding tert-OH is 1. The minimum atomic E-state index is -0.266. The van der Waals surface area contributed by atoms with E-state index >= 15 is 0 Å². The van der Waals surface area contributed by atoms with Crippen molar-refractivity contribution in [3.63, 3.8) is 0 Å². The molecule has 0 spiro atoms. The van der Waals surface area contributed by atoms with Crippen LogP contribution in [0.2, 0.25) is 0 Å². The number of amides is 1. The molecular formula is C17H30N2O3. The molecule has 0 aromatic heterocycles. The van der Waals surface area contributed by atoms with Crippen LogP contribution in [0.5, 0.6) is 0 Å². The SMILES string of the molecule is O=C(CN1C[C@@H](O)C[C@@H]1C1CCCCC1)NC[C@@H]1CCCO1. The van der Waals surface area contributed by atoms with Crippen LogP contribution < -0.4 is 5.32 Å². The second-order valence-electron chi connectivity index (χ2n) is 7.22. The molecule has 2 saturated heterocycles. The lowest BCUT2D eigenvalue weighted by atomic mass is 9.83. The van der Waals surface area contributed by atoms with Crippen molar-refractivity contribution in [2.75, 3.05) is 26.2 Å². The van der Waals surface area contributed by atoms with Crippen LogP contribution in [0.3, 0.4) is 0 Å². The molecule has 3 rings (SSSR count). The number of hydrogen-bond acceptors (Lipinski definition) is 4. The lowest BCUT2D eigenvalue weighted by molar-refractivity contribution is -0.123. The molecule has 0 bridgehead atoms. The van der Waals surface area contributed by atoms with Gasteiger partial charge in [0.05, 0.1) is 18.8 Å². The Hall–Kier alpha value is -0.650. The highest BCUT2D eigenvalue weighted by atomic mass is 16.5. The molecule has 0 aromatic rings. The van der Waals surface area contributed by atoms with E-state index < -0.39 is 0 Å². The highest BCUT2D eigenvalue weighted by Gasteiger charge is 2.37. The summed E-state index contributed by atoms with van der Waals surface area (Å²) in [6.45, 7) is 2.52. The smallest absolute Gasteiger partial charge is 0.234 e. The van der Waals surface area contributed by atoms with Gasteiger partial charge in [-0.25, -0.2) is 0 Å². The summed E-state index contributed by atoms with van der Waals surface area (Å²) in [4.78, 5) is 14.4. The molecule has 5 nitrogen and oxygen atoms in total. The Morgan fingerprint density at radius 1 is 1.18 bits per heavy atom. The average Bonchev–Trinajstić information content (AvgIpc) is 3.16. The van der Waals surface area contributed by atoms with Gasteiger partial charge in [-0.1, -0.05) is 19.3 Å². The molecule has 3 atom stereocenters. The van der Waals surface area contributed by atoms with Gasteiger partial charge in [0.25, 0.3) is 0 Å². The Bertz CT molecular complexity index is 365. The third-order valence-corrected chi connectivity index (χ3v) is 5.52. The van der Waals surface area contributed by atoms with Crippen LogP contribution in [0.15, 0.2) is 0 Å². The number of nitrogens with one attached hydrogen (secondary N) is 1. The van der Waals surface area contributed by atoms with Crippen molar-refractivity contribution < 1.29 is 14.6 Å². The van der Waals surface area contributed by atoms with E-state index in [9.17, 15) is 9.90 Å². The normalized spacial score (nSPS) is 34.1. The fourth-order valence-corrected chi connectivity index (χ4v) is 4.37. The Balaban J connectivity index is 1.47. The predicted octanol–water partition coefficient (Wildman–Crippen LogP) is 1.30. The molecule has 5 heteroatoms. The lowest BCUT2D eigenvalue weighted by Crippen LogP contribution is -2.44. The van der Waals surface area contributed by atoms with Gasteiger partial charge in [-0.3, -0.25) is 9.69 Å². The van der Waals surface area contributed by atoms with E-state index in [1.807, 2.05) is 0 Å². The molecule has 1 saturated carbocycles. The van der Waals surface area contributed by atoms with Crippen molar-refractivity contribution in [1.82, 2.24) is 10.2 Å². The molecular weight excluding hydrogens is 280 g/mol. The van der Waals surface area contributed by atoms with Gasteiger partial charge in [-0.05, 0) is 38.0 Å². The van der Waals surface area contributed by atoms with E-state index in [4.69, 9.17) is 4.74 Å². The highest BCUT2D eigenvalue weighted by Crippen LogP contribution is 2.34. The summed E-state index contributed by atoms with van der Waals surface area (Å²) in [5, 5.41) is 13.0. The first kappa shape index (κ1) is 16.2. The van der Waals surface area contributed by atoms with Gasteiger partial charge in [0.15, 0.2) is 0 Å². The first-order valence-corrected chi connectivity index (χ1v) is 9.03. The van der Waals surface area contributed by atoms with Gasteiger partial charge in [0.2, 0.25) is 5.91 Å². The average molecular weight is 310 g/mol. The number of ether oxygens (including phenoxy) is 1. The zero-order chi connectivity index (χ0) is 15.4. The molecule has 2 aliphatic heterocycles. The summed E-state index contributed by atoms with van der Waals surface area (Å²) < 4.78 is 5.54.